The summed E-state index contributed by atoms with van der Waals surface area (Å²) < 4.78 is 3.31. The van der Waals surface area contributed by atoms with E-state index in [1.165, 1.54) is 4.57 Å². The van der Waals surface area contributed by atoms with E-state index in [4.69, 9.17) is 0 Å². The second kappa shape index (κ2) is 5.03. The van der Waals surface area contributed by atoms with E-state index in [0.29, 0.717) is 24.9 Å². The van der Waals surface area contributed by atoms with Gasteiger partial charge in [0.15, 0.2) is 0 Å². The summed E-state index contributed by atoms with van der Waals surface area (Å²) in [4.78, 5) is 25.4. The molecule has 0 saturated carbocycles. The van der Waals surface area contributed by atoms with Gasteiger partial charge in [0, 0.05) is 43.7 Å². The average molecular weight is 248 g/mol. The summed E-state index contributed by atoms with van der Waals surface area (Å²) in [5.41, 5.74) is 1.02. The van der Waals surface area contributed by atoms with Gasteiger partial charge in [0.1, 0.15) is 0 Å². The van der Waals surface area contributed by atoms with Crippen LogP contribution in [-0.2, 0) is 26.4 Å². The lowest BCUT2D eigenvalue weighted by atomic mass is 10.2. The van der Waals surface area contributed by atoms with Gasteiger partial charge in [-0.1, -0.05) is 6.92 Å². The minimum Gasteiger partial charge on any atom is -0.300 e. The highest BCUT2D eigenvalue weighted by Crippen LogP contribution is 1.99. The van der Waals surface area contributed by atoms with Crippen LogP contribution in [0.4, 0.5) is 0 Å². The first-order valence-electron chi connectivity index (χ1n) is 5.91. The third-order valence-corrected chi connectivity index (χ3v) is 3.00. The van der Waals surface area contributed by atoms with Crippen LogP contribution in [0.25, 0.3) is 0 Å². The van der Waals surface area contributed by atoms with E-state index in [2.05, 4.69) is 10.1 Å². The fraction of sp³-hybridized carbons (Fsp3) is 0.417. The van der Waals surface area contributed by atoms with Crippen LogP contribution in [0.15, 0.2) is 28.0 Å². The Morgan fingerprint density at radius 3 is 2.78 bits per heavy atom. The maximum absolute atomic E-state index is 11.6. The van der Waals surface area contributed by atoms with Crippen molar-refractivity contribution in [1.82, 2.24) is 19.3 Å². The van der Waals surface area contributed by atoms with Gasteiger partial charge < -0.3 is 0 Å². The van der Waals surface area contributed by atoms with Crippen LogP contribution >= 0.6 is 0 Å². The molecule has 0 fully saturated rings. The molecular weight excluding hydrogens is 232 g/mol. The molecule has 6 nitrogen and oxygen atoms in total. The molecule has 0 saturated heterocycles. The Balaban J connectivity index is 2.22. The quantitative estimate of drug-likeness (QED) is 0.832. The van der Waals surface area contributed by atoms with Crippen LogP contribution in [0.3, 0.4) is 0 Å². The molecule has 0 spiro atoms. The van der Waals surface area contributed by atoms with E-state index in [0.717, 1.165) is 5.69 Å². The molecule has 0 aliphatic rings. The molecule has 2 rings (SSSR count). The number of nitrogens with one attached hydrogen (secondary N) is 1. The van der Waals surface area contributed by atoms with Crippen LogP contribution in [0.1, 0.15) is 18.2 Å². The van der Waals surface area contributed by atoms with Gasteiger partial charge in [-0.3, -0.25) is 19.0 Å². The predicted octanol–water partition coefficient (Wildman–Crippen LogP) is 0.0752. The Hall–Kier alpha value is -2.11. The van der Waals surface area contributed by atoms with Crippen LogP contribution < -0.4 is 11.2 Å². The highest BCUT2D eigenvalue weighted by Gasteiger charge is 2.04. The first-order chi connectivity index (χ1) is 8.61. The number of aromatic amines is 1. The molecule has 6 heteroatoms. The maximum atomic E-state index is 11.6. The van der Waals surface area contributed by atoms with Gasteiger partial charge in [0.05, 0.1) is 0 Å². The van der Waals surface area contributed by atoms with Gasteiger partial charge in [0.2, 0.25) is 0 Å². The van der Waals surface area contributed by atoms with Crippen molar-refractivity contribution in [3.63, 3.8) is 0 Å². The van der Waals surface area contributed by atoms with Crippen molar-refractivity contribution < 1.29 is 0 Å². The predicted molar refractivity (Wildman–Crippen MR) is 67.6 cm³/mol. The minimum atomic E-state index is -0.362. The molecule has 0 bridgehead atoms. The fourth-order valence-corrected chi connectivity index (χ4v) is 1.85. The monoisotopic (exact) mass is 248 g/mol. The van der Waals surface area contributed by atoms with E-state index < -0.39 is 0 Å². The van der Waals surface area contributed by atoms with Crippen molar-refractivity contribution in [1.29, 1.82) is 0 Å². The van der Waals surface area contributed by atoms with Crippen molar-refractivity contribution in [2.24, 2.45) is 7.05 Å². The van der Waals surface area contributed by atoms with Crippen LogP contribution in [0, 0.1) is 0 Å². The highest BCUT2D eigenvalue weighted by atomic mass is 16.2. The van der Waals surface area contributed by atoms with Gasteiger partial charge in [-0.25, -0.2) is 4.79 Å². The zero-order chi connectivity index (χ0) is 13.1. The summed E-state index contributed by atoms with van der Waals surface area (Å²) in [6, 6.07) is 1.91. The summed E-state index contributed by atoms with van der Waals surface area (Å²) in [6.45, 7) is 2.42. The first-order valence-corrected chi connectivity index (χ1v) is 5.91. The second-order valence-corrected chi connectivity index (χ2v) is 4.16. The average Bonchev–Trinajstić information content (AvgIpc) is 2.74. The molecule has 0 amide bonds. The van der Waals surface area contributed by atoms with Gasteiger partial charge in [-0.05, 0) is 12.5 Å². The Kier molecular flexibility index (Phi) is 3.45. The van der Waals surface area contributed by atoms with Crippen LogP contribution in [0.2, 0.25) is 0 Å². The van der Waals surface area contributed by atoms with Gasteiger partial charge in [-0.2, -0.15) is 5.10 Å². The number of hydrogen-bond donors (Lipinski definition) is 1. The minimum absolute atomic E-state index is 0.292. The summed E-state index contributed by atoms with van der Waals surface area (Å²) in [5.74, 6) is 0. The van der Waals surface area contributed by atoms with Crippen molar-refractivity contribution in [2.75, 3.05) is 0 Å². The standard InChI is InChI=1S/C12H16N4O2/c1-3-9-8-16(12(18)14-11(9)17)7-5-10-4-6-13-15(10)2/h4,6,8H,3,5,7H2,1-2H3,(H,14,17,18). The molecule has 18 heavy (non-hydrogen) atoms. The summed E-state index contributed by atoms with van der Waals surface area (Å²) >= 11 is 0. The molecule has 0 atom stereocenters. The third kappa shape index (κ3) is 2.42. The SMILES string of the molecule is CCc1cn(CCc2ccnn2C)c(=O)[nH]c1=O. The summed E-state index contributed by atoms with van der Waals surface area (Å²) in [5, 5.41) is 4.07. The number of H-pyrrole nitrogens is 1. The number of nitrogens with zero attached hydrogens (tertiary/aromatic N) is 3. The van der Waals surface area contributed by atoms with E-state index >= 15 is 0 Å². The summed E-state index contributed by atoms with van der Waals surface area (Å²) in [7, 11) is 1.86. The lowest BCUT2D eigenvalue weighted by Gasteiger charge is -2.07. The van der Waals surface area contributed by atoms with Gasteiger partial charge in [0.25, 0.3) is 5.56 Å². The Morgan fingerprint density at radius 2 is 2.17 bits per heavy atom. The molecular formula is C12H16N4O2. The highest BCUT2D eigenvalue weighted by molar-refractivity contribution is 5.05. The topological polar surface area (TPSA) is 72.7 Å². The van der Waals surface area contributed by atoms with E-state index in [-0.39, 0.29) is 11.2 Å². The number of rotatable bonds is 4. The zero-order valence-electron chi connectivity index (χ0n) is 10.5. The van der Waals surface area contributed by atoms with Gasteiger partial charge in [-0.15, -0.1) is 0 Å². The molecule has 96 valence electrons. The molecule has 2 aromatic rings. The molecule has 2 heterocycles. The Bertz CT molecular complexity index is 651. The molecule has 1 N–H and O–H groups in total. The van der Waals surface area contributed by atoms with E-state index in [1.54, 1.807) is 17.1 Å². The lowest BCUT2D eigenvalue weighted by molar-refractivity contribution is 0.604. The fourth-order valence-electron chi connectivity index (χ4n) is 1.85. The van der Waals surface area contributed by atoms with Crippen molar-refractivity contribution in [3.8, 4) is 0 Å². The molecule has 0 unspecified atom stereocenters. The largest absolute Gasteiger partial charge is 0.328 e. The lowest BCUT2D eigenvalue weighted by Crippen LogP contribution is -2.32. The van der Waals surface area contributed by atoms with E-state index in [9.17, 15) is 9.59 Å². The van der Waals surface area contributed by atoms with Crippen molar-refractivity contribution >= 4 is 0 Å². The second-order valence-electron chi connectivity index (χ2n) is 4.16. The molecule has 0 aliphatic carbocycles. The number of aryl methyl sites for hydroxylation is 4. The molecule has 0 aliphatic heterocycles. The van der Waals surface area contributed by atoms with Crippen LogP contribution in [-0.4, -0.2) is 19.3 Å². The third-order valence-electron chi connectivity index (χ3n) is 3.00. The number of hydrogen-bond acceptors (Lipinski definition) is 3. The van der Waals surface area contributed by atoms with Crippen LogP contribution in [0.5, 0.6) is 0 Å². The first kappa shape index (κ1) is 12.3. The molecule has 0 radical (unpaired) electrons. The maximum Gasteiger partial charge on any atom is 0.328 e. The zero-order valence-corrected chi connectivity index (χ0v) is 10.5. The molecule has 2 aromatic heterocycles. The smallest absolute Gasteiger partial charge is 0.300 e. The Morgan fingerprint density at radius 1 is 1.39 bits per heavy atom. The van der Waals surface area contributed by atoms with Gasteiger partial charge >= 0.3 is 5.69 Å². The normalized spacial score (nSPS) is 10.8. The Labute approximate surface area is 104 Å². The van der Waals surface area contributed by atoms with Crippen molar-refractivity contribution in [3.05, 3.63) is 50.6 Å². The van der Waals surface area contributed by atoms with E-state index in [1.807, 2.05) is 20.0 Å². The molecule has 0 aromatic carbocycles. The van der Waals surface area contributed by atoms with Crippen molar-refractivity contribution in [2.45, 2.75) is 26.3 Å². The summed E-state index contributed by atoms with van der Waals surface area (Å²) in [6.07, 6.45) is 4.67. The number of aromatic nitrogens is 4.